The van der Waals surface area contributed by atoms with Crippen molar-refractivity contribution in [2.24, 2.45) is 0 Å². The average molecular weight is 387 g/mol. The Morgan fingerprint density at radius 2 is 1.89 bits per heavy atom. The van der Waals surface area contributed by atoms with Crippen molar-refractivity contribution in [1.29, 1.82) is 0 Å². The third-order valence-electron chi connectivity index (χ3n) is 2.43. The molecule has 7 heteroatoms. The lowest BCUT2D eigenvalue weighted by molar-refractivity contribution is -0.383. The van der Waals surface area contributed by atoms with Gasteiger partial charge in [-0.2, -0.15) is 0 Å². The molecular formula is C12H9Br2N3O2. The summed E-state index contributed by atoms with van der Waals surface area (Å²) >= 11 is 6.80. The van der Waals surface area contributed by atoms with Crippen molar-refractivity contribution in [1.82, 2.24) is 0 Å². The predicted molar refractivity (Wildman–Crippen MR) is 82.6 cm³/mol. The van der Waals surface area contributed by atoms with E-state index in [1.54, 1.807) is 6.07 Å². The first-order chi connectivity index (χ1) is 8.97. The molecule has 0 bridgehead atoms. The van der Waals surface area contributed by atoms with Crippen molar-refractivity contribution in [3.05, 3.63) is 55.5 Å². The second kappa shape index (κ2) is 5.58. The second-order valence-corrected chi connectivity index (χ2v) is 5.55. The van der Waals surface area contributed by atoms with Gasteiger partial charge in [0.25, 0.3) is 5.69 Å². The number of nitrogens with two attached hydrogens (primary N) is 1. The Hall–Kier alpha value is -1.60. The highest BCUT2D eigenvalue weighted by Gasteiger charge is 2.11. The summed E-state index contributed by atoms with van der Waals surface area (Å²) in [6, 6.07) is 10.2. The van der Waals surface area contributed by atoms with Gasteiger partial charge in [-0.15, -0.1) is 0 Å². The van der Waals surface area contributed by atoms with E-state index in [1.807, 2.05) is 18.2 Å². The molecule has 0 fully saturated rings. The molecule has 0 amide bonds. The van der Waals surface area contributed by atoms with Crippen LogP contribution in [0.5, 0.6) is 0 Å². The first-order valence-electron chi connectivity index (χ1n) is 5.23. The topological polar surface area (TPSA) is 81.2 Å². The van der Waals surface area contributed by atoms with Gasteiger partial charge in [-0.3, -0.25) is 10.1 Å². The Morgan fingerprint density at radius 3 is 2.53 bits per heavy atom. The van der Waals surface area contributed by atoms with Gasteiger partial charge in [0.05, 0.1) is 10.6 Å². The first kappa shape index (κ1) is 13.8. The number of halogens is 2. The Labute approximate surface area is 126 Å². The number of hydrogen-bond donors (Lipinski definition) is 2. The number of nitrogen functional groups attached to an aromatic ring is 1. The summed E-state index contributed by atoms with van der Waals surface area (Å²) < 4.78 is 1.81. The lowest BCUT2D eigenvalue weighted by Crippen LogP contribution is -1.98. The molecule has 0 saturated carbocycles. The molecule has 0 aliphatic carbocycles. The molecule has 0 atom stereocenters. The van der Waals surface area contributed by atoms with Crippen LogP contribution in [0.4, 0.5) is 22.7 Å². The number of nitro groups is 1. The van der Waals surface area contributed by atoms with E-state index in [0.29, 0.717) is 5.69 Å². The van der Waals surface area contributed by atoms with Crippen LogP contribution in [0, 0.1) is 10.1 Å². The zero-order valence-electron chi connectivity index (χ0n) is 9.56. The molecule has 19 heavy (non-hydrogen) atoms. The van der Waals surface area contributed by atoms with Gasteiger partial charge >= 0.3 is 0 Å². The molecule has 0 spiro atoms. The third-order valence-corrected chi connectivity index (χ3v) is 3.62. The molecule has 3 N–H and O–H groups in total. The molecular weight excluding hydrogens is 378 g/mol. The molecule has 2 aromatic carbocycles. The van der Waals surface area contributed by atoms with Crippen molar-refractivity contribution in [3.63, 3.8) is 0 Å². The van der Waals surface area contributed by atoms with Crippen LogP contribution in [0.2, 0.25) is 0 Å². The third kappa shape index (κ3) is 3.24. The number of nitrogens with one attached hydrogen (secondary N) is 1. The van der Waals surface area contributed by atoms with Crippen LogP contribution in [-0.2, 0) is 0 Å². The fourth-order valence-corrected chi connectivity index (χ4v) is 2.25. The lowest BCUT2D eigenvalue weighted by atomic mass is 10.2. The van der Waals surface area contributed by atoms with Crippen LogP contribution in [0.25, 0.3) is 0 Å². The van der Waals surface area contributed by atoms with E-state index in [4.69, 9.17) is 5.73 Å². The minimum Gasteiger partial charge on any atom is -0.393 e. The Balaban J connectivity index is 2.31. The smallest absolute Gasteiger partial charge is 0.292 e. The Bertz CT molecular complexity index is 647. The summed E-state index contributed by atoms with van der Waals surface area (Å²) in [5, 5.41) is 13.8. The van der Waals surface area contributed by atoms with E-state index in [1.165, 1.54) is 12.1 Å². The number of anilines is 3. The van der Waals surface area contributed by atoms with Crippen molar-refractivity contribution < 1.29 is 4.92 Å². The summed E-state index contributed by atoms with van der Waals surface area (Å²) in [5.41, 5.74) is 7.19. The van der Waals surface area contributed by atoms with E-state index in [0.717, 1.165) is 14.6 Å². The Morgan fingerprint density at radius 1 is 1.16 bits per heavy atom. The molecule has 2 aromatic rings. The van der Waals surface area contributed by atoms with Gasteiger partial charge in [0.1, 0.15) is 5.69 Å². The quantitative estimate of drug-likeness (QED) is 0.464. The summed E-state index contributed by atoms with van der Waals surface area (Å²) in [6.07, 6.45) is 0. The lowest BCUT2D eigenvalue weighted by Gasteiger charge is -2.09. The van der Waals surface area contributed by atoms with Crippen LogP contribution >= 0.6 is 31.9 Å². The molecule has 5 nitrogen and oxygen atoms in total. The maximum Gasteiger partial charge on any atom is 0.292 e. The number of benzene rings is 2. The zero-order chi connectivity index (χ0) is 14.0. The molecule has 0 radical (unpaired) electrons. The van der Waals surface area contributed by atoms with Crippen LogP contribution in [0.3, 0.4) is 0 Å². The van der Waals surface area contributed by atoms with Crippen molar-refractivity contribution in [2.45, 2.75) is 0 Å². The predicted octanol–water partition coefficient (Wildman–Crippen LogP) is 4.45. The highest BCUT2D eigenvalue weighted by atomic mass is 79.9. The number of nitrogens with zero attached hydrogens (tertiary/aromatic N) is 1. The maximum atomic E-state index is 10.7. The molecule has 0 aliphatic heterocycles. The SMILES string of the molecule is Nc1cc(Nc2cc(Br)ccc2Br)ccc1[N+](=O)[O-]. The molecule has 2 rings (SSSR count). The van der Waals surface area contributed by atoms with E-state index < -0.39 is 4.92 Å². The minimum absolute atomic E-state index is 0.0983. The minimum atomic E-state index is -0.506. The van der Waals surface area contributed by atoms with Gasteiger partial charge in [0.2, 0.25) is 0 Å². The first-order valence-corrected chi connectivity index (χ1v) is 6.82. The molecule has 0 unspecified atom stereocenters. The summed E-state index contributed by atoms with van der Waals surface area (Å²) in [5.74, 6) is 0. The van der Waals surface area contributed by atoms with E-state index in [2.05, 4.69) is 37.2 Å². The van der Waals surface area contributed by atoms with Gasteiger partial charge in [-0.25, -0.2) is 0 Å². The molecule has 0 saturated heterocycles. The van der Waals surface area contributed by atoms with Gasteiger partial charge in [0.15, 0.2) is 0 Å². The highest BCUT2D eigenvalue weighted by Crippen LogP contribution is 2.31. The van der Waals surface area contributed by atoms with Crippen molar-refractivity contribution in [2.75, 3.05) is 11.1 Å². The molecule has 0 aliphatic rings. The highest BCUT2D eigenvalue weighted by molar-refractivity contribution is 9.11. The van der Waals surface area contributed by atoms with Crippen LogP contribution < -0.4 is 11.1 Å². The number of nitro benzene ring substituents is 1. The molecule has 98 valence electrons. The fourth-order valence-electron chi connectivity index (χ4n) is 1.55. The van der Waals surface area contributed by atoms with Gasteiger partial charge < -0.3 is 11.1 Å². The Kier molecular flexibility index (Phi) is 4.06. The van der Waals surface area contributed by atoms with Crippen LogP contribution in [0.15, 0.2) is 45.3 Å². The standard InChI is InChI=1S/C12H9Br2N3O2/c13-7-1-3-9(14)11(5-7)16-8-2-4-12(17(18)19)10(15)6-8/h1-6,16H,15H2. The zero-order valence-corrected chi connectivity index (χ0v) is 12.7. The van der Waals surface area contributed by atoms with Crippen LogP contribution in [-0.4, -0.2) is 4.92 Å². The van der Waals surface area contributed by atoms with Crippen LogP contribution in [0.1, 0.15) is 0 Å². The van der Waals surface area contributed by atoms with Gasteiger partial charge in [0, 0.05) is 20.7 Å². The van der Waals surface area contributed by atoms with E-state index >= 15 is 0 Å². The van der Waals surface area contributed by atoms with E-state index in [9.17, 15) is 10.1 Å². The number of rotatable bonds is 3. The maximum absolute atomic E-state index is 10.7. The summed E-state index contributed by atoms with van der Waals surface area (Å²) in [6.45, 7) is 0. The van der Waals surface area contributed by atoms with Gasteiger partial charge in [-0.1, -0.05) is 15.9 Å². The average Bonchev–Trinajstić information content (AvgIpc) is 2.33. The molecule has 0 heterocycles. The number of hydrogen-bond acceptors (Lipinski definition) is 4. The van der Waals surface area contributed by atoms with Gasteiger partial charge in [-0.05, 0) is 46.3 Å². The monoisotopic (exact) mass is 385 g/mol. The molecule has 0 aromatic heterocycles. The normalized spacial score (nSPS) is 10.2. The summed E-state index contributed by atoms with van der Waals surface area (Å²) in [4.78, 5) is 10.2. The largest absolute Gasteiger partial charge is 0.393 e. The van der Waals surface area contributed by atoms with E-state index in [-0.39, 0.29) is 11.4 Å². The van der Waals surface area contributed by atoms with Crippen molar-refractivity contribution >= 4 is 54.6 Å². The summed E-state index contributed by atoms with van der Waals surface area (Å²) in [7, 11) is 0. The van der Waals surface area contributed by atoms with Crippen molar-refractivity contribution in [3.8, 4) is 0 Å². The second-order valence-electron chi connectivity index (χ2n) is 3.78. The fraction of sp³-hybridized carbons (Fsp3) is 0.